The van der Waals surface area contributed by atoms with E-state index in [4.69, 9.17) is 31.7 Å². The van der Waals surface area contributed by atoms with Gasteiger partial charge in [-0.2, -0.15) is 0 Å². The normalized spacial score (nSPS) is 8.45. The number of carboxylic acid groups (broad SMARTS) is 1. The number of aromatic carboxylic acids is 1. The van der Waals surface area contributed by atoms with E-state index in [1.54, 1.807) is 36.4 Å². The van der Waals surface area contributed by atoms with Crippen LogP contribution >= 0.6 is 11.6 Å². The largest absolute Gasteiger partial charge is 0.507 e. The maximum atomic E-state index is 10.3. The number of hydrogen-bond acceptors (Lipinski definition) is 4. The summed E-state index contributed by atoms with van der Waals surface area (Å²) in [5, 5.41) is 26.5. The Balaban J connectivity index is 0.000000327. The van der Waals surface area contributed by atoms with Crippen molar-refractivity contribution in [2.24, 2.45) is 0 Å². The fourth-order valence-corrected chi connectivity index (χ4v) is 1.24. The molecule has 106 valence electrons. The Kier molecular flexibility index (Phi) is 8.22. The lowest BCUT2D eigenvalue weighted by atomic mass is 10.2. The molecular weight excluding hydrogens is 284 g/mol. The SMILES string of the molecule is C=O.O=C(O)c1ccccc1O.Oc1ccccc1Cl. The van der Waals surface area contributed by atoms with Gasteiger partial charge in [-0.1, -0.05) is 35.9 Å². The van der Waals surface area contributed by atoms with Gasteiger partial charge in [-0.15, -0.1) is 0 Å². The van der Waals surface area contributed by atoms with Gasteiger partial charge in [-0.3, -0.25) is 0 Å². The molecule has 6 heteroatoms. The van der Waals surface area contributed by atoms with Crippen LogP contribution in [-0.2, 0) is 4.79 Å². The number of carboxylic acids is 1. The van der Waals surface area contributed by atoms with E-state index in [1.165, 1.54) is 12.1 Å². The van der Waals surface area contributed by atoms with Crippen LogP contribution in [0.25, 0.3) is 0 Å². The van der Waals surface area contributed by atoms with Crippen LogP contribution in [-0.4, -0.2) is 28.1 Å². The number of halogens is 1. The summed E-state index contributed by atoms with van der Waals surface area (Å²) >= 11 is 5.46. The van der Waals surface area contributed by atoms with Crippen molar-refractivity contribution in [2.45, 2.75) is 0 Å². The molecule has 5 nitrogen and oxygen atoms in total. The first kappa shape index (κ1) is 17.5. The van der Waals surface area contributed by atoms with E-state index in [0.29, 0.717) is 5.02 Å². The molecule has 0 amide bonds. The first-order chi connectivity index (χ1) is 9.52. The average Bonchev–Trinajstić information content (AvgIpc) is 2.45. The fraction of sp³-hybridized carbons (Fsp3) is 0. The number of rotatable bonds is 1. The third kappa shape index (κ3) is 5.88. The van der Waals surface area contributed by atoms with Crippen molar-refractivity contribution < 1.29 is 24.9 Å². The topological polar surface area (TPSA) is 94.8 Å². The molecule has 0 heterocycles. The molecule has 0 radical (unpaired) electrons. The highest BCUT2D eigenvalue weighted by molar-refractivity contribution is 6.31. The van der Waals surface area contributed by atoms with E-state index in [-0.39, 0.29) is 17.1 Å². The third-order valence-corrected chi connectivity index (χ3v) is 2.31. The van der Waals surface area contributed by atoms with Crippen LogP contribution in [0.1, 0.15) is 10.4 Å². The summed E-state index contributed by atoms with van der Waals surface area (Å²) < 4.78 is 0. The van der Waals surface area contributed by atoms with Crippen LogP contribution < -0.4 is 0 Å². The predicted molar refractivity (Wildman–Crippen MR) is 75.3 cm³/mol. The van der Waals surface area contributed by atoms with Crippen molar-refractivity contribution in [2.75, 3.05) is 0 Å². The van der Waals surface area contributed by atoms with E-state index in [9.17, 15) is 4.79 Å². The molecule has 0 saturated heterocycles. The van der Waals surface area contributed by atoms with E-state index < -0.39 is 5.97 Å². The monoisotopic (exact) mass is 296 g/mol. The van der Waals surface area contributed by atoms with Gasteiger partial charge >= 0.3 is 5.97 Å². The first-order valence-corrected chi connectivity index (χ1v) is 5.64. The minimum absolute atomic E-state index is 0.0671. The van der Waals surface area contributed by atoms with E-state index in [0.717, 1.165) is 0 Å². The maximum Gasteiger partial charge on any atom is 0.339 e. The predicted octanol–water partition coefficient (Wildman–Crippen LogP) is 2.95. The van der Waals surface area contributed by atoms with Gasteiger partial charge in [0.15, 0.2) is 0 Å². The molecule has 3 N–H and O–H groups in total. The zero-order valence-corrected chi connectivity index (χ0v) is 11.1. The summed E-state index contributed by atoms with van der Waals surface area (Å²) in [4.78, 5) is 18.3. The van der Waals surface area contributed by atoms with Crippen LogP contribution in [0.2, 0.25) is 5.02 Å². The Morgan fingerprint density at radius 2 is 1.35 bits per heavy atom. The van der Waals surface area contributed by atoms with Gasteiger partial charge in [0.1, 0.15) is 23.9 Å². The Morgan fingerprint density at radius 3 is 1.65 bits per heavy atom. The molecule has 2 aromatic carbocycles. The van der Waals surface area contributed by atoms with Crippen molar-refractivity contribution in [1.82, 2.24) is 0 Å². The van der Waals surface area contributed by atoms with Crippen LogP contribution in [0, 0.1) is 0 Å². The number of benzene rings is 2. The number of aromatic hydroxyl groups is 2. The van der Waals surface area contributed by atoms with Gasteiger partial charge in [-0.25, -0.2) is 4.79 Å². The molecule has 0 spiro atoms. The summed E-state index contributed by atoms with van der Waals surface area (Å²) in [6.07, 6.45) is 0. The molecule has 0 aliphatic heterocycles. The highest BCUT2D eigenvalue weighted by Crippen LogP contribution is 2.20. The second kappa shape index (κ2) is 9.41. The standard InChI is InChI=1S/C7H6O3.C6H5ClO.CH2O/c8-6-4-2-1-3-5(6)7(9)10;7-5-3-1-2-4-6(5)8;1-2/h1-4,8H,(H,9,10);1-4,8H;1H2. The molecule has 0 aromatic heterocycles. The summed E-state index contributed by atoms with van der Waals surface area (Å²) in [6, 6.07) is 12.5. The van der Waals surface area contributed by atoms with Crippen LogP contribution in [0.5, 0.6) is 11.5 Å². The quantitative estimate of drug-likeness (QED) is 0.752. The van der Waals surface area contributed by atoms with Gasteiger partial charge in [0.25, 0.3) is 0 Å². The lowest BCUT2D eigenvalue weighted by molar-refractivity contribution is -0.0980. The number of hydrogen-bond donors (Lipinski definition) is 3. The van der Waals surface area contributed by atoms with E-state index in [1.807, 2.05) is 6.79 Å². The van der Waals surface area contributed by atoms with Crippen molar-refractivity contribution in [3.05, 3.63) is 59.1 Å². The van der Waals surface area contributed by atoms with Gasteiger partial charge in [0.2, 0.25) is 0 Å². The van der Waals surface area contributed by atoms with Crippen LogP contribution in [0.15, 0.2) is 48.5 Å². The average molecular weight is 297 g/mol. The number of carbonyl (C=O) groups is 2. The lowest BCUT2D eigenvalue weighted by Crippen LogP contribution is -1.95. The van der Waals surface area contributed by atoms with Crippen LogP contribution in [0.3, 0.4) is 0 Å². The van der Waals surface area contributed by atoms with Crippen molar-refractivity contribution in [3.63, 3.8) is 0 Å². The minimum Gasteiger partial charge on any atom is -0.507 e. The smallest absolute Gasteiger partial charge is 0.339 e. The molecule has 20 heavy (non-hydrogen) atoms. The number of para-hydroxylation sites is 2. The molecule has 2 rings (SSSR count). The Bertz CT molecular complexity index is 536. The lowest BCUT2D eigenvalue weighted by Gasteiger charge is -1.95. The summed E-state index contributed by atoms with van der Waals surface area (Å²) in [5.41, 5.74) is -0.0671. The summed E-state index contributed by atoms with van der Waals surface area (Å²) in [6.45, 7) is 2.00. The number of phenols is 2. The molecule has 0 fully saturated rings. The Morgan fingerprint density at radius 1 is 0.900 bits per heavy atom. The highest BCUT2D eigenvalue weighted by atomic mass is 35.5. The summed E-state index contributed by atoms with van der Waals surface area (Å²) in [5.74, 6) is -1.18. The maximum absolute atomic E-state index is 10.3. The van der Waals surface area contributed by atoms with Gasteiger partial charge in [0.05, 0.1) is 5.02 Å². The minimum atomic E-state index is -1.11. The summed E-state index contributed by atoms with van der Waals surface area (Å²) in [7, 11) is 0. The van der Waals surface area contributed by atoms with Crippen molar-refractivity contribution in [3.8, 4) is 11.5 Å². The molecule has 0 aliphatic carbocycles. The third-order valence-electron chi connectivity index (χ3n) is 1.99. The van der Waals surface area contributed by atoms with Crippen LogP contribution in [0.4, 0.5) is 0 Å². The highest BCUT2D eigenvalue weighted by Gasteiger charge is 2.05. The molecule has 0 unspecified atom stereocenters. The first-order valence-electron chi connectivity index (χ1n) is 5.26. The van der Waals surface area contributed by atoms with E-state index in [2.05, 4.69) is 0 Å². The second-order valence-electron chi connectivity index (χ2n) is 3.27. The Labute approximate surface area is 120 Å². The van der Waals surface area contributed by atoms with Crippen molar-refractivity contribution in [1.29, 1.82) is 0 Å². The van der Waals surface area contributed by atoms with Crippen molar-refractivity contribution >= 4 is 24.4 Å². The molecule has 0 aliphatic rings. The van der Waals surface area contributed by atoms with E-state index >= 15 is 0 Å². The van der Waals surface area contributed by atoms with Gasteiger partial charge < -0.3 is 20.1 Å². The second-order valence-corrected chi connectivity index (χ2v) is 3.68. The molecule has 0 bridgehead atoms. The zero-order valence-electron chi connectivity index (χ0n) is 10.4. The molecule has 0 atom stereocenters. The molecular formula is C14H13ClO5. The fourth-order valence-electron chi connectivity index (χ4n) is 1.11. The van der Waals surface area contributed by atoms with Gasteiger partial charge in [0, 0.05) is 0 Å². The zero-order chi connectivity index (χ0) is 15.5. The Hall–Kier alpha value is -2.53. The number of carbonyl (C=O) groups excluding carboxylic acids is 1. The number of phenolic OH excluding ortho intramolecular Hbond substituents is 1. The molecule has 2 aromatic rings. The molecule has 0 saturated carbocycles. The van der Waals surface area contributed by atoms with Gasteiger partial charge in [-0.05, 0) is 24.3 Å².